The van der Waals surface area contributed by atoms with E-state index < -0.39 is 0 Å². The monoisotopic (exact) mass is 292 g/mol. The molecule has 1 unspecified atom stereocenters. The van der Waals surface area contributed by atoms with Crippen molar-refractivity contribution in [2.45, 2.75) is 25.8 Å². The molecule has 20 heavy (non-hydrogen) atoms. The van der Waals surface area contributed by atoms with E-state index in [1.165, 1.54) is 6.07 Å². The number of rotatable bonds is 6. The van der Waals surface area contributed by atoms with Crippen LogP contribution in [0.3, 0.4) is 0 Å². The number of nitrogens with zero attached hydrogens (tertiary/aromatic N) is 1. The number of aromatic nitrogens is 1. The van der Waals surface area contributed by atoms with E-state index in [0.717, 1.165) is 18.5 Å². The Balaban J connectivity index is 2.19. The van der Waals surface area contributed by atoms with E-state index in [4.69, 9.17) is 11.6 Å². The smallest absolute Gasteiger partial charge is 0.127 e. The van der Waals surface area contributed by atoms with Gasteiger partial charge in [0.1, 0.15) is 5.82 Å². The summed E-state index contributed by atoms with van der Waals surface area (Å²) in [5.74, 6) is -0.260. The van der Waals surface area contributed by atoms with E-state index in [2.05, 4.69) is 17.2 Å². The lowest BCUT2D eigenvalue weighted by atomic mass is 9.99. The van der Waals surface area contributed by atoms with Gasteiger partial charge >= 0.3 is 0 Å². The van der Waals surface area contributed by atoms with Gasteiger partial charge in [-0.2, -0.15) is 0 Å². The first kappa shape index (κ1) is 14.9. The lowest BCUT2D eigenvalue weighted by Gasteiger charge is -2.19. The third kappa shape index (κ3) is 4.02. The number of benzene rings is 1. The van der Waals surface area contributed by atoms with Crippen molar-refractivity contribution in [2.24, 2.45) is 0 Å². The van der Waals surface area contributed by atoms with Crippen LogP contribution in [0.5, 0.6) is 0 Å². The summed E-state index contributed by atoms with van der Waals surface area (Å²) in [6.45, 7) is 2.99. The van der Waals surface area contributed by atoms with Crippen LogP contribution in [0, 0.1) is 5.82 Å². The molecule has 4 heteroatoms. The van der Waals surface area contributed by atoms with E-state index >= 15 is 0 Å². The second-order valence-corrected chi connectivity index (χ2v) is 5.17. The number of hydrogen-bond donors (Lipinski definition) is 1. The van der Waals surface area contributed by atoms with Crippen LogP contribution < -0.4 is 5.32 Å². The lowest BCUT2D eigenvalue weighted by molar-refractivity contribution is 0.512. The van der Waals surface area contributed by atoms with Crippen LogP contribution in [-0.4, -0.2) is 11.5 Å². The van der Waals surface area contributed by atoms with E-state index in [0.29, 0.717) is 17.0 Å². The fourth-order valence-corrected chi connectivity index (χ4v) is 2.27. The van der Waals surface area contributed by atoms with Crippen LogP contribution in [0.15, 0.2) is 42.7 Å². The van der Waals surface area contributed by atoms with Crippen LogP contribution in [0.4, 0.5) is 4.39 Å². The fourth-order valence-electron chi connectivity index (χ4n) is 2.12. The Morgan fingerprint density at radius 3 is 2.85 bits per heavy atom. The molecule has 0 fully saturated rings. The van der Waals surface area contributed by atoms with E-state index in [1.54, 1.807) is 18.3 Å². The number of hydrogen-bond acceptors (Lipinski definition) is 2. The third-order valence-corrected chi connectivity index (χ3v) is 3.40. The number of nitrogens with one attached hydrogen (secondary N) is 1. The standard InChI is InChI=1S/C16H18ClFN2/c1-2-7-20-16(13-4-3-8-19-11-13)9-12-5-6-14(17)10-15(12)18/h3-6,8,10-11,16,20H,2,7,9H2,1H3. The van der Waals surface area contributed by atoms with Gasteiger partial charge in [-0.3, -0.25) is 4.98 Å². The molecule has 0 aliphatic rings. The molecule has 1 N–H and O–H groups in total. The molecular formula is C16H18ClFN2. The summed E-state index contributed by atoms with van der Waals surface area (Å²) in [6.07, 6.45) is 5.17. The second kappa shape index (κ2) is 7.36. The Morgan fingerprint density at radius 2 is 2.20 bits per heavy atom. The van der Waals surface area contributed by atoms with Gasteiger partial charge in [-0.05, 0) is 48.7 Å². The highest BCUT2D eigenvalue weighted by Crippen LogP contribution is 2.22. The highest BCUT2D eigenvalue weighted by atomic mass is 35.5. The summed E-state index contributed by atoms with van der Waals surface area (Å²) in [5, 5.41) is 3.86. The number of pyridine rings is 1. The number of halogens is 2. The molecule has 0 spiro atoms. The van der Waals surface area contributed by atoms with E-state index in [9.17, 15) is 4.39 Å². The maximum atomic E-state index is 13.9. The van der Waals surface area contributed by atoms with Crippen LogP contribution >= 0.6 is 11.6 Å². The molecule has 0 aliphatic heterocycles. The zero-order valence-corrected chi connectivity index (χ0v) is 12.2. The van der Waals surface area contributed by atoms with Gasteiger partial charge in [-0.15, -0.1) is 0 Å². The zero-order valence-electron chi connectivity index (χ0n) is 11.4. The molecule has 2 rings (SSSR count). The Hall–Kier alpha value is -1.45. The summed E-state index contributed by atoms with van der Waals surface area (Å²) in [7, 11) is 0. The molecule has 0 saturated carbocycles. The SMILES string of the molecule is CCCNC(Cc1ccc(Cl)cc1F)c1cccnc1. The van der Waals surface area contributed by atoms with Crippen molar-refractivity contribution < 1.29 is 4.39 Å². The lowest BCUT2D eigenvalue weighted by Crippen LogP contribution is -2.24. The van der Waals surface area contributed by atoms with Gasteiger partial charge in [0.2, 0.25) is 0 Å². The van der Waals surface area contributed by atoms with Crippen LogP contribution in [0.2, 0.25) is 5.02 Å². The minimum absolute atomic E-state index is 0.0549. The largest absolute Gasteiger partial charge is 0.310 e. The van der Waals surface area contributed by atoms with Crippen molar-refractivity contribution in [1.82, 2.24) is 10.3 Å². The molecule has 0 amide bonds. The molecule has 1 atom stereocenters. The van der Waals surface area contributed by atoms with E-state index in [-0.39, 0.29) is 11.9 Å². The first-order chi connectivity index (χ1) is 9.70. The minimum atomic E-state index is -0.260. The highest BCUT2D eigenvalue weighted by Gasteiger charge is 2.14. The zero-order chi connectivity index (χ0) is 14.4. The molecule has 2 aromatic rings. The maximum absolute atomic E-state index is 13.9. The highest BCUT2D eigenvalue weighted by molar-refractivity contribution is 6.30. The molecule has 1 aromatic carbocycles. The molecule has 106 valence electrons. The Morgan fingerprint density at radius 1 is 1.35 bits per heavy atom. The third-order valence-electron chi connectivity index (χ3n) is 3.17. The van der Waals surface area contributed by atoms with Gasteiger partial charge in [-0.1, -0.05) is 30.7 Å². The molecule has 1 heterocycles. The Bertz CT molecular complexity index is 545. The normalized spacial score (nSPS) is 12.3. The molecular weight excluding hydrogens is 275 g/mol. The molecule has 0 saturated heterocycles. The van der Waals surface area contributed by atoms with Gasteiger partial charge in [0.25, 0.3) is 0 Å². The first-order valence-electron chi connectivity index (χ1n) is 6.78. The average molecular weight is 293 g/mol. The molecule has 0 radical (unpaired) electrons. The van der Waals surface area contributed by atoms with Crippen LogP contribution in [0.1, 0.15) is 30.5 Å². The topological polar surface area (TPSA) is 24.9 Å². The quantitative estimate of drug-likeness (QED) is 0.865. The summed E-state index contributed by atoms with van der Waals surface area (Å²) in [5.41, 5.74) is 1.72. The average Bonchev–Trinajstić information content (AvgIpc) is 2.46. The van der Waals surface area contributed by atoms with Crippen LogP contribution in [0.25, 0.3) is 0 Å². The molecule has 2 nitrogen and oxygen atoms in total. The predicted molar refractivity (Wildman–Crippen MR) is 80.4 cm³/mol. The van der Waals surface area contributed by atoms with Crippen molar-refractivity contribution in [3.8, 4) is 0 Å². The van der Waals surface area contributed by atoms with Crippen molar-refractivity contribution in [3.63, 3.8) is 0 Å². The Kier molecular flexibility index (Phi) is 5.50. The predicted octanol–water partition coefficient (Wildman–Crippen LogP) is 4.16. The van der Waals surface area contributed by atoms with E-state index in [1.807, 2.05) is 18.3 Å². The second-order valence-electron chi connectivity index (χ2n) is 4.73. The molecule has 0 aliphatic carbocycles. The maximum Gasteiger partial charge on any atom is 0.127 e. The Labute approximate surface area is 124 Å². The van der Waals surface area contributed by atoms with Gasteiger partial charge in [-0.25, -0.2) is 4.39 Å². The van der Waals surface area contributed by atoms with Gasteiger partial charge in [0.15, 0.2) is 0 Å². The van der Waals surface area contributed by atoms with Gasteiger partial charge < -0.3 is 5.32 Å². The summed E-state index contributed by atoms with van der Waals surface area (Å²) in [4.78, 5) is 4.14. The van der Waals surface area contributed by atoms with Crippen molar-refractivity contribution in [2.75, 3.05) is 6.54 Å². The van der Waals surface area contributed by atoms with Crippen molar-refractivity contribution in [1.29, 1.82) is 0 Å². The van der Waals surface area contributed by atoms with Gasteiger partial charge in [0.05, 0.1) is 0 Å². The summed E-state index contributed by atoms with van der Waals surface area (Å²) >= 11 is 5.79. The molecule has 0 bridgehead atoms. The summed E-state index contributed by atoms with van der Waals surface area (Å²) < 4.78 is 13.9. The van der Waals surface area contributed by atoms with Crippen LogP contribution in [-0.2, 0) is 6.42 Å². The van der Waals surface area contributed by atoms with Gasteiger partial charge in [0, 0.05) is 23.5 Å². The minimum Gasteiger partial charge on any atom is -0.310 e. The first-order valence-corrected chi connectivity index (χ1v) is 7.15. The van der Waals surface area contributed by atoms with Crippen molar-refractivity contribution in [3.05, 3.63) is 64.7 Å². The van der Waals surface area contributed by atoms with Crippen molar-refractivity contribution >= 4 is 11.6 Å². The summed E-state index contributed by atoms with van der Waals surface area (Å²) in [6, 6.07) is 8.79. The molecule has 1 aromatic heterocycles. The fraction of sp³-hybridized carbons (Fsp3) is 0.312.